The van der Waals surface area contributed by atoms with Crippen molar-refractivity contribution in [2.45, 2.75) is 0 Å². The second kappa shape index (κ2) is 5.21. The summed E-state index contributed by atoms with van der Waals surface area (Å²) in [5.41, 5.74) is 0.851. The monoisotopic (exact) mass is 290 g/mol. The Hall–Kier alpha value is -2.55. The Labute approximate surface area is 117 Å². The summed E-state index contributed by atoms with van der Waals surface area (Å²) < 4.78 is 0. The normalized spacial score (nSPS) is 13.7. The van der Waals surface area contributed by atoms with Crippen molar-refractivity contribution in [3.63, 3.8) is 0 Å². The zero-order chi connectivity index (χ0) is 13.9. The number of nitrogens with zero attached hydrogens (tertiary/aromatic N) is 4. The van der Waals surface area contributed by atoms with Gasteiger partial charge < -0.3 is 10.6 Å². The quantitative estimate of drug-likeness (QED) is 0.655. The van der Waals surface area contributed by atoms with Crippen molar-refractivity contribution in [1.29, 1.82) is 0 Å². The Kier molecular flexibility index (Phi) is 3.25. The third-order valence-corrected chi connectivity index (χ3v) is 3.54. The van der Waals surface area contributed by atoms with Crippen LogP contribution in [-0.2, 0) is 0 Å². The number of aromatic nitrogens is 2. The number of rotatable bonds is 3. The largest absolute Gasteiger partial charge is 0.354 e. The summed E-state index contributed by atoms with van der Waals surface area (Å²) in [6.07, 6.45) is 0. The summed E-state index contributed by atoms with van der Waals surface area (Å²) in [5.74, 6) is 0.691. The van der Waals surface area contributed by atoms with Crippen LogP contribution in [0.5, 0.6) is 0 Å². The van der Waals surface area contributed by atoms with Crippen LogP contribution in [0, 0.1) is 10.1 Å². The summed E-state index contributed by atoms with van der Waals surface area (Å²) >= 11 is 1.36. The molecule has 2 heterocycles. The minimum Gasteiger partial charge on any atom is -0.354 e. The van der Waals surface area contributed by atoms with Crippen LogP contribution in [-0.4, -0.2) is 34.2 Å². The molecule has 1 aromatic heterocycles. The van der Waals surface area contributed by atoms with Gasteiger partial charge in [0.15, 0.2) is 5.96 Å². The number of nitro groups is 1. The molecule has 0 fully saturated rings. The number of nitro benzene ring substituents is 1. The lowest BCUT2D eigenvalue weighted by atomic mass is 10.2. The summed E-state index contributed by atoms with van der Waals surface area (Å²) in [7, 11) is 0. The third kappa shape index (κ3) is 2.57. The molecule has 0 unspecified atom stereocenters. The molecule has 0 amide bonds. The molecule has 9 heteroatoms. The van der Waals surface area contributed by atoms with Gasteiger partial charge in [-0.15, -0.1) is 10.2 Å². The summed E-state index contributed by atoms with van der Waals surface area (Å²) in [6.45, 7) is 1.56. The van der Waals surface area contributed by atoms with Gasteiger partial charge in [-0.25, -0.2) is 0 Å². The molecule has 1 aromatic carbocycles. The highest BCUT2D eigenvalue weighted by Crippen LogP contribution is 2.27. The average Bonchev–Trinajstić information content (AvgIpc) is 3.11. The fourth-order valence-corrected chi connectivity index (χ4v) is 2.45. The predicted octanol–water partition coefficient (Wildman–Crippen LogP) is 1.48. The molecule has 2 N–H and O–H groups in total. The predicted molar refractivity (Wildman–Crippen MR) is 75.9 cm³/mol. The first kappa shape index (κ1) is 12.5. The molecular formula is C11H10N6O2S. The van der Waals surface area contributed by atoms with Crippen molar-refractivity contribution >= 4 is 28.1 Å². The first-order valence-electron chi connectivity index (χ1n) is 5.86. The number of nitrogens with one attached hydrogen (secondary N) is 2. The molecule has 102 valence electrons. The van der Waals surface area contributed by atoms with Gasteiger partial charge in [-0.3, -0.25) is 15.1 Å². The van der Waals surface area contributed by atoms with E-state index in [-0.39, 0.29) is 5.69 Å². The number of hydrogen-bond acceptors (Lipinski definition) is 8. The van der Waals surface area contributed by atoms with Gasteiger partial charge in [0, 0.05) is 24.2 Å². The van der Waals surface area contributed by atoms with Gasteiger partial charge in [0.2, 0.25) is 5.13 Å². The highest BCUT2D eigenvalue weighted by Gasteiger charge is 2.11. The van der Waals surface area contributed by atoms with Crippen molar-refractivity contribution in [3.05, 3.63) is 34.4 Å². The van der Waals surface area contributed by atoms with E-state index in [9.17, 15) is 10.1 Å². The lowest BCUT2D eigenvalue weighted by molar-refractivity contribution is -0.384. The lowest BCUT2D eigenvalue weighted by Crippen LogP contribution is -2.26. The van der Waals surface area contributed by atoms with E-state index in [2.05, 4.69) is 25.8 Å². The molecule has 1 aliphatic heterocycles. The Morgan fingerprint density at radius 3 is 2.75 bits per heavy atom. The number of benzene rings is 1. The number of aliphatic imine (C=N–C) groups is 1. The maximum Gasteiger partial charge on any atom is 0.269 e. The molecule has 0 radical (unpaired) electrons. The Balaban J connectivity index is 1.77. The highest BCUT2D eigenvalue weighted by molar-refractivity contribution is 7.18. The Morgan fingerprint density at radius 2 is 2.10 bits per heavy atom. The number of anilines is 1. The third-order valence-electron chi connectivity index (χ3n) is 2.65. The topological polar surface area (TPSA) is 105 Å². The van der Waals surface area contributed by atoms with Gasteiger partial charge in [0.1, 0.15) is 5.01 Å². The molecule has 3 rings (SSSR count). The van der Waals surface area contributed by atoms with Crippen LogP contribution >= 0.6 is 11.3 Å². The second-order valence-electron chi connectivity index (χ2n) is 4.00. The highest BCUT2D eigenvalue weighted by atomic mass is 32.1. The summed E-state index contributed by atoms with van der Waals surface area (Å²) in [6, 6.07) is 6.22. The summed E-state index contributed by atoms with van der Waals surface area (Å²) in [5, 5.41) is 26.1. The van der Waals surface area contributed by atoms with Gasteiger partial charge in [-0.1, -0.05) is 11.3 Å². The minimum absolute atomic E-state index is 0.0566. The molecule has 2 aromatic rings. The van der Waals surface area contributed by atoms with Crippen LogP contribution in [0.1, 0.15) is 0 Å². The van der Waals surface area contributed by atoms with Gasteiger partial charge in [0.25, 0.3) is 5.69 Å². The molecule has 1 aliphatic rings. The molecule has 20 heavy (non-hydrogen) atoms. The van der Waals surface area contributed by atoms with Crippen molar-refractivity contribution in [1.82, 2.24) is 15.5 Å². The van der Waals surface area contributed by atoms with E-state index in [4.69, 9.17) is 0 Å². The standard InChI is InChI=1S/C11H10N6O2S/c18-17(19)8-3-1-7(2-4-8)9-15-16-11(20-9)14-10-12-5-6-13-10/h1-4H,5-6H2,(H2,12,13,14,16). The molecule has 0 saturated carbocycles. The number of non-ortho nitro benzene ring substituents is 1. The fourth-order valence-electron chi connectivity index (χ4n) is 1.70. The number of hydrogen-bond donors (Lipinski definition) is 2. The van der Waals surface area contributed by atoms with Gasteiger partial charge in [-0.05, 0) is 12.1 Å². The van der Waals surface area contributed by atoms with E-state index in [1.807, 2.05) is 0 Å². The van der Waals surface area contributed by atoms with E-state index in [1.54, 1.807) is 12.1 Å². The molecule has 8 nitrogen and oxygen atoms in total. The maximum absolute atomic E-state index is 10.6. The molecule has 0 bridgehead atoms. The van der Waals surface area contributed by atoms with Crippen LogP contribution in [0.25, 0.3) is 10.6 Å². The molecule has 0 aliphatic carbocycles. The van der Waals surface area contributed by atoms with Crippen molar-refractivity contribution < 1.29 is 4.92 Å². The smallest absolute Gasteiger partial charge is 0.269 e. The van der Waals surface area contributed by atoms with E-state index in [1.165, 1.54) is 23.5 Å². The van der Waals surface area contributed by atoms with Crippen LogP contribution in [0.15, 0.2) is 29.3 Å². The van der Waals surface area contributed by atoms with E-state index in [0.717, 1.165) is 18.7 Å². The average molecular weight is 290 g/mol. The second-order valence-corrected chi connectivity index (χ2v) is 4.98. The first-order chi connectivity index (χ1) is 9.72. The van der Waals surface area contributed by atoms with Crippen LogP contribution in [0.4, 0.5) is 10.8 Å². The Bertz CT molecular complexity index is 666. The molecule has 0 spiro atoms. The fraction of sp³-hybridized carbons (Fsp3) is 0.182. The zero-order valence-electron chi connectivity index (χ0n) is 10.2. The maximum atomic E-state index is 10.6. The molecular weight excluding hydrogens is 280 g/mol. The van der Waals surface area contributed by atoms with E-state index in [0.29, 0.717) is 16.1 Å². The van der Waals surface area contributed by atoms with Crippen LogP contribution in [0.2, 0.25) is 0 Å². The minimum atomic E-state index is -0.430. The first-order valence-corrected chi connectivity index (χ1v) is 6.68. The van der Waals surface area contributed by atoms with Crippen molar-refractivity contribution in [2.24, 2.45) is 4.99 Å². The lowest BCUT2D eigenvalue weighted by Gasteiger charge is -2.00. The Morgan fingerprint density at radius 1 is 1.30 bits per heavy atom. The van der Waals surface area contributed by atoms with Crippen molar-refractivity contribution in [3.8, 4) is 10.6 Å². The number of guanidine groups is 1. The molecule has 0 atom stereocenters. The van der Waals surface area contributed by atoms with E-state index < -0.39 is 4.92 Å². The van der Waals surface area contributed by atoms with Crippen LogP contribution < -0.4 is 10.6 Å². The SMILES string of the molecule is O=[N+]([O-])c1ccc(-c2nnc(NC3=NCCN3)s2)cc1. The van der Waals surface area contributed by atoms with Crippen LogP contribution in [0.3, 0.4) is 0 Å². The molecule has 0 saturated heterocycles. The van der Waals surface area contributed by atoms with Crippen molar-refractivity contribution in [2.75, 3.05) is 18.4 Å². The van der Waals surface area contributed by atoms with Gasteiger partial charge in [0.05, 0.1) is 11.5 Å². The van der Waals surface area contributed by atoms with E-state index >= 15 is 0 Å². The summed E-state index contributed by atoms with van der Waals surface area (Å²) in [4.78, 5) is 14.4. The zero-order valence-corrected chi connectivity index (χ0v) is 11.1. The van der Waals surface area contributed by atoms with Gasteiger partial charge in [-0.2, -0.15) is 0 Å². The van der Waals surface area contributed by atoms with Gasteiger partial charge >= 0.3 is 0 Å².